The van der Waals surface area contributed by atoms with Crippen molar-refractivity contribution in [2.24, 2.45) is 7.05 Å². The van der Waals surface area contributed by atoms with Gasteiger partial charge in [-0.3, -0.25) is 4.79 Å². The first-order valence-corrected chi connectivity index (χ1v) is 11.9. The Hall–Kier alpha value is -3.60. The fourth-order valence-electron chi connectivity index (χ4n) is 4.20. The Morgan fingerprint density at radius 2 is 2.00 bits per heavy atom. The Bertz CT molecular complexity index is 1260. The van der Waals surface area contributed by atoms with Crippen molar-refractivity contribution >= 4 is 24.6 Å². The van der Waals surface area contributed by atoms with Gasteiger partial charge in [-0.2, -0.15) is 5.26 Å². The fourth-order valence-corrected chi connectivity index (χ4v) is 4.20. The van der Waals surface area contributed by atoms with Crippen LogP contribution < -0.4 is 15.8 Å². The zero-order valence-electron chi connectivity index (χ0n) is 20.5. The second-order valence-electron chi connectivity index (χ2n) is 8.74. The van der Waals surface area contributed by atoms with Crippen LogP contribution in [0.5, 0.6) is 0 Å². The number of piperidine rings is 1. The van der Waals surface area contributed by atoms with Crippen molar-refractivity contribution in [2.75, 3.05) is 26.2 Å². The van der Waals surface area contributed by atoms with Crippen LogP contribution in [0.15, 0.2) is 47.7 Å². The molecule has 1 aliphatic heterocycles. The Kier molecular flexibility index (Phi) is 9.07. The van der Waals surface area contributed by atoms with E-state index in [1.165, 1.54) is 31.0 Å². The van der Waals surface area contributed by atoms with Crippen LogP contribution >= 0.6 is 0 Å². The zero-order chi connectivity index (χ0) is 25.4. The van der Waals surface area contributed by atoms with Crippen molar-refractivity contribution in [1.29, 1.82) is 5.26 Å². The number of aliphatic hydroxyl groups is 2. The lowest BCUT2D eigenvalue weighted by Gasteiger charge is -2.29. The number of nitrogens with one attached hydrogen (secondary N) is 1. The normalized spacial score (nSPS) is 16.2. The van der Waals surface area contributed by atoms with Gasteiger partial charge in [0.05, 0.1) is 12.7 Å². The Morgan fingerprint density at radius 3 is 2.63 bits per heavy atom. The van der Waals surface area contributed by atoms with Crippen molar-refractivity contribution in [3.8, 4) is 17.3 Å². The number of hydrogen-bond donors (Lipinski definition) is 3. The van der Waals surface area contributed by atoms with Crippen molar-refractivity contribution in [1.82, 2.24) is 14.8 Å². The van der Waals surface area contributed by atoms with Crippen LogP contribution in [0.1, 0.15) is 31.9 Å². The summed E-state index contributed by atoms with van der Waals surface area (Å²) >= 11 is 0. The molecular formula is C28H34N4O3. The summed E-state index contributed by atoms with van der Waals surface area (Å²) in [5.41, 5.74) is 3.76. The lowest BCUT2D eigenvalue weighted by molar-refractivity contribution is -0.117. The standard InChI is InChI=1S/C28H34N4O3/c1-4-24(32-12-6-5-7-13-32)15-21-8-9-22(14-20(21)2)27-11-10-25(31(27)3)16-23(17-29)28(35)30-18-26(34)19-33/h4,8-11,14-16,26,33-34H,2,5-7,12-13,18-19H2,1,3H3,(H,30,35)/b21-15-,23-16+,24-4+. The summed E-state index contributed by atoms with van der Waals surface area (Å²) in [4.78, 5) is 14.7. The highest BCUT2D eigenvalue weighted by Crippen LogP contribution is 2.21. The van der Waals surface area contributed by atoms with Crippen molar-refractivity contribution in [3.05, 3.63) is 63.8 Å². The highest BCUT2D eigenvalue weighted by molar-refractivity contribution is 6.01. The van der Waals surface area contributed by atoms with E-state index in [0.29, 0.717) is 5.69 Å². The largest absolute Gasteiger partial charge is 0.394 e. The third kappa shape index (κ3) is 6.50. The molecule has 1 aromatic carbocycles. The number of allylic oxidation sites excluding steroid dienone is 2. The van der Waals surface area contributed by atoms with Gasteiger partial charge in [0.15, 0.2) is 0 Å². The molecular weight excluding hydrogens is 440 g/mol. The first kappa shape index (κ1) is 26.0. The molecule has 1 aliphatic rings. The molecule has 1 atom stereocenters. The molecule has 0 saturated carbocycles. The van der Waals surface area contributed by atoms with E-state index in [9.17, 15) is 15.2 Å². The number of nitriles is 1. The Balaban J connectivity index is 1.84. The first-order chi connectivity index (χ1) is 16.9. The minimum atomic E-state index is -1.07. The van der Waals surface area contributed by atoms with Gasteiger partial charge in [-0.1, -0.05) is 24.8 Å². The second-order valence-corrected chi connectivity index (χ2v) is 8.74. The number of rotatable bonds is 8. The summed E-state index contributed by atoms with van der Waals surface area (Å²) in [5, 5.41) is 32.2. The van der Waals surface area contributed by atoms with Crippen molar-refractivity contribution in [2.45, 2.75) is 32.3 Å². The predicted octanol–water partition coefficient (Wildman–Crippen LogP) is 1.65. The quantitative estimate of drug-likeness (QED) is 0.399. The van der Waals surface area contributed by atoms with Crippen LogP contribution in [0.25, 0.3) is 30.0 Å². The maximum absolute atomic E-state index is 12.3. The van der Waals surface area contributed by atoms with Gasteiger partial charge in [-0.05, 0) is 72.5 Å². The number of amides is 1. The molecule has 0 aliphatic carbocycles. The number of nitrogens with zero attached hydrogens (tertiary/aromatic N) is 3. The molecule has 3 rings (SSSR count). The van der Waals surface area contributed by atoms with E-state index in [2.05, 4.69) is 48.0 Å². The van der Waals surface area contributed by atoms with E-state index in [0.717, 1.165) is 34.8 Å². The number of aromatic nitrogens is 1. The lowest BCUT2D eigenvalue weighted by atomic mass is 10.1. The zero-order valence-corrected chi connectivity index (χ0v) is 20.5. The average molecular weight is 475 g/mol. The van der Waals surface area contributed by atoms with E-state index in [4.69, 9.17) is 5.11 Å². The Labute approximate surface area is 206 Å². The molecule has 1 fully saturated rings. The third-order valence-electron chi connectivity index (χ3n) is 6.29. The summed E-state index contributed by atoms with van der Waals surface area (Å²) in [6.45, 7) is 7.92. The van der Waals surface area contributed by atoms with Gasteiger partial charge in [0.2, 0.25) is 0 Å². The number of hydrogen-bond acceptors (Lipinski definition) is 5. The minimum Gasteiger partial charge on any atom is -0.394 e. The number of aliphatic hydroxyl groups excluding tert-OH is 2. The molecule has 184 valence electrons. The molecule has 1 saturated heterocycles. The predicted molar refractivity (Wildman–Crippen MR) is 139 cm³/mol. The maximum Gasteiger partial charge on any atom is 0.262 e. The molecule has 1 amide bonds. The molecule has 2 aromatic rings. The van der Waals surface area contributed by atoms with E-state index in [1.54, 1.807) is 0 Å². The van der Waals surface area contributed by atoms with Gasteiger partial charge in [0.25, 0.3) is 5.91 Å². The van der Waals surface area contributed by atoms with Crippen LogP contribution in [0.4, 0.5) is 0 Å². The number of carbonyl (C=O) groups excluding carboxylic acids is 1. The monoisotopic (exact) mass is 474 g/mol. The summed E-state index contributed by atoms with van der Waals surface area (Å²) in [6.07, 6.45) is 8.54. The molecule has 2 heterocycles. The lowest BCUT2D eigenvalue weighted by Crippen LogP contribution is -2.34. The van der Waals surface area contributed by atoms with Gasteiger partial charge in [-0.25, -0.2) is 0 Å². The highest BCUT2D eigenvalue weighted by atomic mass is 16.3. The Morgan fingerprint density at radius 1 is 1.26 bits per heavy atom. The smallest absolute Gasteiger partial charge is 0.262 e. The van der Waals surface area contributed by atoms with Gasteiger partial charge < -0.3 is 25.0 Å². The fraction of sp³-hybridized carbons (Fsp3) is 0.357. The minimum absolute atomic E-state index is 0.0812. The molecule has 35 heavy (non-hydrogen) atoms. The highest BCUT2D eigenvalue weighted by Gasteiger charge is 2.14. The van der Waals surface area contributed by atoms with E-state index < -0.39 is 18.6 Å². The third-order valence-corrected chi connectivity index (χ3v) is 6.29. The van der Waals surface area contributed by atoms with Crippen molar-refractivity contribution < 1.29 is 15.0 Å². The summed E-state index contributed by atoms with van der Waals surface area (Å²) < 4.78 is 1.91. The summed E-state index contributed by atoms with van der Waals surface area (Å²) in [7, 11) is 1.88. The summed E-state index contributed by atoms with van der Waals surface area (Å²) in [5.74, 6) is -0.601. The number of carbonyl (C=O) groups is 1. The van der Waals surface area contributed by atoms with E-state index in [-0.39, 0.29) is 12.1 Å². The van der Waals surface area contributed by atoms with Crippen LogP contribution in [-0.4, -0.2) is 57.9 Å². The van der Waals surface area contributed by atoms with Crippen LogP contribution in [0.2, 0.25) is 0 Å². The van der Waals surface area contributed by atoms with E-state index in [1.807, 2.05) is 35.9 Å². The molecule has 3 N–H and O–H groups in total. The molecule has 1 unspecified atom stereocenters. The SMILES string of the molecule is C=c1cc(-c2ccc(/C=C(\C#N)C(=O)NCC(O)CO)n2C)cc/c1=C/C(=C\C)N1CCCCC1. The van der Waals surface area contributed by atoms with Crippen LogP contribution in [0, 0.1) is 11.3 Å². The van der Waals surface area contributed by atoms with E-state index >= 15 is 0 Å². The average Bonchev–Trinajstić information content (AvgIpc) is 3.24. The van der Waals surface area contributed by atoms with Gasteiger partial charge in [0, 0.05) is 43.8 Å². The van der Waals surface area contributed by atoms with Crippen molar-refractivity contribution in [3.63, 3.8) is 0 Å². The van der Waals surface area contributed by atoms with Crippen LogP contribution in [0.3, 0.4) is 0 Å². The topological polar surface area (TPSA) is 102 Å². The maximum atomic E-state index is 12.3. The van der Waals surface area contributed by atoms with Crippen LogP contribution in [-0.2, 0) is 11.8 Å². The molecule has 0 radical (unpaired) electrons. The molecule has 7 heteroatoms. The second kappa shape index (κ2) is 12.2. The molecule has 7 nitrogen and oxygen atoms in total. The number of likely N-dealkylation sites (tertiary alicyclic amines) is 1. The first-order valence-electron chi connectivity index (χ1n) is 11.9. The number of benzene rings is 1. The van der Waals surface area contributed by atoms with Gasteiger partial charge >= 0.3 is 0 Å². The molecule has 0 spiro atoms. The van der Waals surface area contributed by atoms with Gasteiger partial charge in [0.1, 0.15) is 11.6 Å². The summed E-state index contributed by atoms with van der Waals surface area (Å²) in [6, 6.07) is 11.9. The van der Waals surface area contributed by atoms with Gasteiger partial charge in [-0.15, -0.1) is 0 Å². The molecule has 0 bridgehead atoms. The molecule has 1 aromatic heterocycles.